The molecular formula is C10H18OSi. The van der Waals surface area contributed by atoms with Crippen LogP contribution in [0.25, 0.3) is 0 Å². The summed E-state index contributed by atoms with van der Waals surface area (Å²) < 4.78 is 0. The Kier molecular flexibility index (Phi) is 2.65. The van der Waals surface area contributed by atoms with Crippen LogP contribution in [-0.4, -0.2) is 18.8 Å². The minimum Gasteiger partial charge on any atom is -0.378 e. The molecule has 12 heavy (non-hydrogen) atoms. The van der Waals surface area contributed by atoms with Crippen molar-refractivity contribution in [3.8, 4) is 11.5 Å². The minimum absolute atomic E-state index is 0.625. The molecule has 68 valence electrons. The molecule has 0 aromatic rings. The zero-order valence-corrected chi connectivity index (χ0v) is 9.28. The van der Waals surface area contributed by atoms with E-state index in [-0.39, 0.29) is 0 Å². The van der Waals surface area contributed by atoms with Gasteiger partial charge in [-0.05, 0) is 25.7 Å². The molecule has 0 atom stereocenters. The lowest BCUT2D eigenvalue weighted by atomic mass is 10.1. The molecule has 1 N–H and O–H groups in total. The quantitative estimate of drug-likeness (QED) is 0.450. The van der Waals surface area contributed by atoms with Gasteiger partial charge in [0.2, 0.25) is 0 Å². The molecule has 0 heterocycles. The van der Waals surface area contributed by atoms with E-state index in [1.165, 1.54) is 0 Å². The molecular weight excluding hydrogens is 164 g/mol. The second-order valence-corrected chi connectivity index (χ2v) is 9.49. The Hall–Kier alpha value is -0.263. The molecule has 1 nitrogen and oxygen atoms in total. The van der Waals surface area contributed by atoms with Crippen LogP contribution in [0.2, 0.25) is 19.6 Å². The third kappa shape index (κ3) is 3.00. The van der Waals surface area contributed by atoms with Crippen molar-refractivity contribution in [2.24, 2.45) is 0 Å². The van der Waals surface area contributed by atoms with E-state index < -0.39 is 13.7 Å². The summed E-state index contributed by atoms with van der Waals surface area (Å²) in [6, 6.07) is 0. The molecule has 0 aromatic carbocycles. The van der Waals surface area contributed by atoms with Gasteiger partial charge in [-0.15, -0.1) is 5.54 Å². The van der Waals surface area contributed by atoms with Crippen molar-refractivity contribution in [3.63, 3.8) is 0 Å². The summed E-state index contributed by atoms with van der Waals surface area (Å²) in [7, 11) is -1.29. The summed E-state index contributed by atoms with van der Waals surface area (Å²) in [6.07, 6.45) is 4.03. The molecule has 1 rings (SSSR count). The van der Waals surface area contributed by atoms with Gasteiger partial charge in [0.15, 0.2) is 0 Å². The van der Waals surface area contributed by atoms with Crippen molar-refractivity contribution in [3.05, 3.63) is 0 Å². The summed E-state index contributed by atoms with van der Waals surface area (Å²) in [5, 5.41) is 9.90. The third-order valence-electron chi connectivity index (χ3n) is 2.10. The second kappa shape index (κ2) is 3.24. The fourth-order valence-corrected chi connectivity index (χ4v) is 2.00. The highest BCUT2D eigenvalue weighted by molar-refractivity contribution is 6.83. The number of rotatable bonds is 0. The maximum absolute atomic E-state index is 9.90. The van der Waals surface area contributed by atoms with Crippen molar-refractivity contribution in [2.75, 3.05) is 0 Å². The molecule has 0 unspecified atom stereocenters. The van der Waals surface area contributed by atoms with Gasteiger partial charge in [0.1, 0.15) is 13.7 Å². The van der Waals surface area contributed by atoms with Gasteiger partial charge >= 0.3 is 0 Å². The summed E-state index contributed by atoms with van der Waals surface area (Å²) in [5.74, 6) is 3.07. The van der Waals surface area contributed by atoms with Gasteiger partial charge in [-0.2, -0.15) is 0 Å². The van der Waals surface area contributed by atoms with Crippen LogP contribution in [0, 0.1) is 11.5 Å². The molecule has 0 aromatic heterocycles. The van der Waals surface area contributed by atoms with Crippen LogP contribution in [0.5, 0.6) is 0 Å². The lowest BCUT2D eigenvalue weighted by Crippen LogP contribution is -2.24. The Morgan fingerprint density at radius 2 is 1.67 bits per heavy atom. The van der Waals surface area contributed by atoms with Crippen LogP contribution >= 0.6 is 0 Å². The van der Waals surface area contributed by atoms with E-state index in [0.717, 1.165) is 25.7 Å². The van der Waals surface area contributed by atoms with Gasteiger partial charge in [-0.25, -0.2) is 0 Å². The van der Waals surface area contributed by atoms with E-state index >= 15 is 0 Å². The van der Waals surface area contributed by atoms with Crippen molar-refractivity contribution < 1.29 is 5.11 Å². The maximum atomic E-state index is 9.90. The van der Waals surface area contributed by atoms with Crippen LogP contribution in [0.3, 0.4) is 0 Å². The first-order valence-corrected chi connectivity index (χ1v) is 8.18. The molecule has 0 spiro atoms. The van der Waals surface area contributed by atoms with Crippen LogP contribution in [-0.2, 0) is 0 Å². The largest absolute Gasteiger partial charge is 0.378 e. The van der Waals surface area contributed by atoms with Crippen molar-refractivity contribution in [2.45, 2.75) is 50.9 Å². The Balaban J connectivity index is 2.63. The second-order valence-electron chi connectivity index (χ2n) is 4.74. The van der Waals surface area contributed by atoms with Gasteiger partial charge in [0, 0.05) is 0 Å². The number of hydrogen-bond acceptors (Lipinski definition) is 1. The van der Waals surface area contributed by atoms with Gasteiger partial charge < -0.3 is 5.11 Å². The Morgan fingerprint density at radius 3 is 2.08 bits per heavy atom. The molecule has 1 fully saturated rings. The molecule has 2 heteroatoms. The molecule has 1 aliphatic rings. The predicted octanol–water partition coefficient (Wildman–Crippen LogP) is 2.17. The lowest BCUT2D eigenvalue weighted by molar-refractivity contribution is 0.110. The topological polar surface area (TPSA) is 20.2 Å². The first-order valence-electron chi connectivity index (χ1n) is 4.68. The Bertz CT molecular complexity index is 210. The SMILES string of the molecule is C[Si](C)(C)C#CC1(O)CCCC1. The maximum Gasteiger partial charge on any atom is 0.129 e. The average molecular weight is 182 g/mol. The Labute approximate surface area is 76.2 Å². The number of hydrogen-bond donors (Lipinski definition) is 1. The van der Waals surface area contributed by atoms with Gasteiger partial charge in [0.05, 0.1) is 0 Å². The molecule has 0 radical (unpaired) electrons. The summed E-state index contributed by atoms with van der Waals surface area (Å²) in [6.45, 7) is 6.62. The van der Waals surface area contributed by atoms with E-state index in [4.69, 9.17) is 0 Å². The first-order chi connectivity index (χ1) is 5.41. The smallest absolute Gasteiger partial charge is 0.129 e. The third-order valence-corrected chi connectivity index (χ3v) is 2.98. The first kappa shape index (κ1) is 9.82. The monoisotopic (exact) mass is 182 g/mol. The summed E-state index contributed by atoms with van der Waals surface area (Å²) >= 11 is 0. The highest BCUT2D eigenvalue weighted by Gasteiger charge is 2.28. The van der Waals surface area contributed by atoms with Crippen LogP contribution < -0.4 is 0 Å². The molecule has 0 bridgehead atoms. The Morgan fingerprint density at radius 1 is 1.17 bits per heavy atom. The lowest BCUT2D eigenvalue weighted by Gasteiger charge is -2.14. The van der Waals surface area contributed by atoms with Crippen LogP contribution in [0.15, 0.2) is 0 Å². The van der Waals surface area contributed by atoms with Crippen molar-refractivity contribution in [1.29, 1.82) is 0 Å². The molecule has 0 saturated heterocycles. The zero-order chi connectivity index (χ0) is 9.24. The fourth-order valence-electron chi connectivity index (χ4n) is 1.39. The van der Waals surface area contributed by atoms with E-state index in [1.54, 1.807) is 0 Å². The highest BCUT2D eigenvalue weighted by atomic mass is 28.3. The fraction of sp³-hybridized carbons (Fsp3) is 0.800. The summed E-state index contributed by atoms with van der Waals surface area (Å²) in [5.41, 5.74) is 2.62. The predicted molar refractivity (Wildman–Crippen MR) is 54.5 cm³/mol. The van der Waals surface area contributed by atoms with E-state index in [9.17, 15) is 5.11 Å². The van der Waals surface area contributed by atoms with Gasteiger partial charge in [-0.1, -0.05) is 25.6 Å². The average Bonchev–Trinajstić information content (AvgIpc) is 2.32. The van der Waals surface area contributed by atoms with E-state index in [0.29, 0.717) is 0 Å². The minimum atomic E-state index is -1.29. The summed E-state index contributed by atoms with van der Waals surface area (Å²) in [4.78, 5) is 0. The number of aliphatic hydroxyl groups is 1. The van der Waals surface area contributed by atoms with E-state index in [1.807, 2.05) is 0 Å². The zero-order valence-electron chi connectivity index (χ0n) is 8.28. The van der Waals surface area contributed by atoms with Crippen LogP contribution in [0.1, 0.15) is 25.7 Å². The van der Waals surface area contributed by atoms with Gasteiger partial charge in [0.25, 0.3) is 0 Å². The van der Waals surface area contributed by atoms with E-state index in [2.05, 4.69) is 31.1 Å². The van der Waals surface area contributed by atoms with Crippen LogP contribution in [0.4, 0.5) is 0 Å². The van der Waals surface area contributed by atoms with Crippen molar-refractivity contribution >= 4 is 8.07 Å². The normalized spacial score (nSPS) is 21.7. The van der Waals surface area contributed by atoms with Crippen molar-refractivity contribution in [1.82, 2.24) is 0 Å². The highest BCUT2D eigenvalue weighted by Crippen LogP contribution is 2.28. The molecule has 0 aliphatic heterocycles. The molecule has 1 saturated carbocycles. The van der Waals surface area contributed by atoms with Gasteiger partial charge in [-0.3, -0.25) is 0 Å². The molecule has 0 amide bonds. The molecule has 1 aliphatic carbocycles. The standard InChI is InChI=1S/C10H18OSi/c1-12(2,3)9-8-10(11)6-4-5-7-10/h11H,4-7H2,1-3H3.